The Morgan fingerprint density at radius 1 is 0.906 bits per heavy atom. The minimum absolute atomic E-state index is 0.262. The minimum atomic E-state index is -0.283. The van der Waals surface area contributed by atoms with E-state index in [-0.39, 0.29) is 11.8 Å². The molecular formula is C24H26N2O5S. The number of amides is 2. The van der Waals surface area contributed by atoms with E-state index in [4.69, 9.17) is 14.2 Å². The number of thioether (sulfide) groups is 1. The highest BCUT2D eigenvalue weighted by atomic mass is 32.2. The van der Waals surface area contributed by atoms with Crippen LogP contribution in [0.15, 0.2) is 58.3 Å². The molecule has 2 aromatic rings. The molecule has 0 aliphatic carbocycles. The highest BCUT2D eigenvalue weighted by Crippen LogP contribution is 2.41. The first-order valence-electron chi connectivity index (χ1n) is 10.5. The molecular weight excluding hydrogens is 428 g/mol. The Balaban J connectivity index is 1.66. The fourth-order valence-electron chi connectivity index (χ4n) is 3.77. The summed E-state index contributed by atoms with van der Waals surface area (Å²) in [6, 6.07) is 14.9. The molecule has 2 aromatic carbocycles. The molecule has 1 fully saturated rings. The van der Waals surface area contributed by atoms with Gasteiger partial charge in [0.2, 0.25) is 0 Å². The van der Waals surface area contributed by atoms with Crippen LogP contribution in [-0.4, -0.2) is 75.2 Å². The molecule has 0 atom stereocenters. The molecule has 0 N–H and O–H groups in total. The summed E-state index contributed by atoms with van der Waals surface area (Å²) in [5.74, 6) is 0.527. The zero-order chi connectivity index (χ0) is 22.5. The van der Waals surface area contributed by atoms with Crippen LogP contribution < -0.4 is 9.47 Å². The first kappa shape index (κ1) is 22.4. The maximum atomic E-state index is 13.5. The Kier molecular flexibility index (Phi) is 7.14. The SMILES string of the molecule is COc1ccc(C2=C(Sc3ccccc3)C(=O)N(CCN3CCOCC3)C2=O)cc1OC. The number of ether oxygens (including phenoxy) is 3. The van der Waals surface area contributed by atoms with Gasteiger partial charge in [0.1, 0.15) is 0 Å². The van der Waals surface area contributed by atoms with Gasteiger partial charge in [-0.2, -0.15) is 0 Å². The van der Waals surface area contributed by atoms with Crippen LogP contribution in [0.1, 0.15) is 5.56 Å². The molecule has 168 valence electrons. The highest BCUT2D eigenvalue weighted by molar-refractivity contribution is 8.04. The van der Waals surface area contributed by atoms with Crippen LogP contribution in [0.3, 0.4) is 0 Å². The van der Waals surface area contributed by atoms with Crippen LogP contribution in [0, 0.1) is 0 Å². The van der Waals surface area contributed by atoms with Crippen molar-refractivity contribution < 1.29 is 23.8 Å². The van der Waals surface area contributed by atoms with Crippen molar-refractivity contribution in [1.29, 1.82) is 0 Å². The summed E-state index contributed by atoms with van der Waals surface area (Å²) < 4.78 is 16.1. The number of morpholine rings is 1. The van der Waals surface area contributed by atoms with Crippen LogP contribution in [0.4, 0.5) is 0 Å². The van der Waals surface area contributed by atoms with Gasteiger partial charge < -0.3 is 14.2 Å². The molecule has 0 unspecified atom stereocenters. The van der Waals surface area contributed by atoms with Gasteiger partial charge in [-0.15, -0.1) is 0 Å². The normalized spacial score (nSPS) is 17.2. The number of benzene rings is 2. The lowest BCUT2D eigenvalue weighted by Gasteiger charge is -2.28. The van der Waals surface area contributed by atoms with Crippen molar-refractivity contribution in [3.8, 4) is 11.5 Å². The molecule has 0 saturated carbocycles. The number of hydrogen-bond donors (Lipinski definition) is 0. The van der Waals surface area contributed by atoms with E-state index in [1.54, 1.807) is 32.4 Å². The van der Waals surface area contributed by atoms with Crippen molar-refractivity contribution in [3.63, 3.8) is 0 Å². The lowest BCUT2D eigenvalue weighted by molar-refractivity contribution is -0.136. The van der Waals surface area contributed by atoms with Crippen molar-refractivity contribution in [2.24, 2.45) is 0 Å². The number of rotatable bonds is 8. The van der Waals surface area contributed by atoms with Crippen LogP contribution in [0.25, 0.3) is 5.57 Å². The maximum Gasteiger partial charge on any atom is 0.268 e. The van der Waals surface area contributed by atoms with Gasteiger partial charge in [0.25, 0.3) is 11.8 Å². The van der Waals surface area contributed by atoms with E-state index in [0.29, 0.717) is 53.8 Å². The van der Waals surface area contributed by atoms with E-state index in [0.717, 1.165) is 18.0 Å². The van der Waals surface area contributed by atoms with Gasteiger partial charge >= 0.3 is 0 Å². The molecule has 2 amide bonds. The Morgan fingerprint density at radius 2 is 1.62 bits per heavy atom. The number of methoxy groups -OCH3 is 2. The Labute approximate surface area is 191 Å². The molecule has 0 aromatic heterocycles. The molecule has 32 heavy (non-hydrogen) atoms. The molecule has 2 aliphatic heterocycles. The van der Waals surface area contributed by atoms with E-state index in [9.17, 15) is 9.59 Å². The molecule has 1 saturated heterocycles. The maximum absolute atomic E-state index is 13.5. The van der Waals surface area contributed by atoms with E-state index < -0.39 is 0 Å². The predicted octanol–water partition coefficient (Wildman–Crippen LogP) is 2.91. The Bertz CT molecular complexity index is 1020. The molecule has 0 radical (unpaired) electrons. The average molecular weight is 455 g/mol. The smallest absolute Gasteiger partial charge is 0.268 e. The number of carbonyl (C=O) groups excluding carboxylic acids is 2. The topological polar surface area (TPSA) is 68.3 Å². The average Bonchev–Trinajstić information content (AvgIpc) is 3.07. The second-order valence-corrected chi connectivity index (χ2v) is 8.49. The largest absolute Gasteiger partial charge is 0.493 e. The van der Waals surface area contributed by atoms with E-state index in [2.05, 4.69) is 4.90 Å². The van der Waals surface area contributed by atoms with Crippen LogP contribution in [0.2, 0.25) is 0 Å². The summed E-state index contributed by atoms with van der Waals surface area (Å²) >= 11 is 1.32. The summed E-state index contributed by atoms with van der Waals surface area (Å²) in [6.07, 6.45) is 0. The molecule has 8 heteroatoms. The third-order valence-corrected chi connectivity index (χ3v) is 6.60. The van der Waals surface area contributed by atoms with Crippen molar-refractivity contribution in [2.75, 3.05) is 53.6 Å². The first-order valence-corrected chi connectivity index (χ1v) is 11.3. The fraction of sp³-hybridized carbons (Fsp3) is 0.333. The summed E-state index contributed by atoms with van der Waals surface area (Å²) in [6.45, 7) is 3.92. The van der Waals surface area contributed by atoms with Gasteiger partial charge in [0.05, 0.1) is 37.9 Å². The summed E-state index contributed by atoms with van der Waals surface area (Å²) in [5, 5.41) is 0. The highest BCUT2D eigenvalue weighted by Gasteiger charge is 2.39. The third kappa shape index (κ3) is 4.67. The van der Waals surface area contributed by atoms with E-state index >= 15 is 0 Å². The number of imide groups is 1. The van der Waals surface area contributed by atoms with Crippen LogP contribution >= 0.6 is 11.8 Å². The lowest BCUT2D eigenvalue weighted by atomic mass is 10.1. The predicted molar refractivity (Wildman–Crippen MR) is 123 cm³/mol. The van der Waals surface area contributed by atoms with Gasteiger partial charge in [-0.25, -0.2) is 0 Å². The van der Waals surface area contributed by atoms with Crippen LogP contribution in [-0.2, 0) is 14.3 Å². The van der Waals surface area contributed by atoms with Gasteiger partial charge in [0.15, 0.2) is 11.5 Å². The Morgan fingerprint density at radius 3 is 2.31 bits per heavy atom. The molecule has 4 rings (SSSR count). The van der Waals surface area contributed by atoms with Crippen molar-refractivity contribution >= 4 is 29.1 Å². The van der Waals surface area contributed by atoms with Gasteiger partial charge in [0, 0.05) is 31.1 Å². The second kappa shape index (κ2) is 10.2. The summed E-state index contributed by atoms with van der Waals surface area (Å²) in [5.41, 5.74) is 1.03. The molecule has 2 heterocycles. The quantitative estimate of drug-likeness (QED) is 0.568. The summed E-state index contributed by atoms with van der Waals surface area (Å²) in [7, 11) is 3.11. The molecule has 2 aliphatic rings. The van der Waals surface area contributed by atoms with E-state index in [1.807, 2.05) is 30.3 Å². The van der Waals surface area contributed by atoms with E-state index in [1.165, 1.54) is 16.7 Å². The van der Waals surface area contributed by atoms with Crippen molar-refractivity contribution in [2.45, 2.75) is 4.90 Å². The summed E-state index contributed by atoms with van der Waals surface area (Å²) in [4.78, 5) is 31.7. The third-order valence-electron chi connectivity index (χ3n) is 5.50. The van der Waals surface area contributed by atoms with Gasteiger partial charge in [-0.1, -0.05) is 36.0 Å². The lowest BCUT2D eigenvalue weighted by Crippen LogP contribution is -2.43. The monoisotopic (exact) mass is 454 g/mol. The molecule has 0 bridgehead atoms. The van der Waals surface area contributed by atoms with Crippen LogP contribution in [0.5, 0.6) is 11.5 Å². The first-order chi connectivity index (χ1) is 15.6. The standard InChI is InChI=1S/C24H26N2O5S/c1-29-19-9-8-17(16-20(19)30-2)21-22(32-18-6-4-3-5-7-18)24(28)26(23(21)27)11-10-25-12-14-31-15-13-25/h3-9,16H,10-15H2,1-2H3. The Hall–Kier alpha value is -2.81. The minimum Gasteiger partial charge on any atom is -0.493 e. The number of hydrogen-bond acceptors (Lipinski definition) is 7. The number of nitrogens with zero attached hydrogens (tertiary/aromatic N) is 2. The molecule has 7 nitrogen and oxygen atoms in total. The van der Waals surface area contributed by atoms with Gasteiger partial charge in [-0.05, 0) is 29.8 Å². The fourth-order valence-corrected chi connectivity index (χ4v) is 4.80. The zero-order valence-corrected chi connectivity index (χ0v) is 19.0. The van der Waals surface area contributed by atoms with Crippen molar-refractivity contribution in [3.05, 3.63) is 59.0 Å². The van der Waals surface area contributed by atoms with Crippen molar-refractivity contribution in [1.82, 2.24) is 9.80 Å². The zero-order valence-electron chi connectivity index (χ0n) is 18.2. The van der Waals surface area contributed by atoms with Gasteiger partial charge in [-0.3, -0.25) is 19.4 Å². The number of carbonyl (C=O) groups is 2. The molecule has 0 spiro atoms. The second-order valence-electron chi connectivity index (χ2n) is 7.40.